The fourth-order valence-corrected chi connectivity index (χ4v) is 3.52. The van der Waals surface area contributed by atoms with Crippen molar-refractivity contribution in [3.05, 3.63) is 35.5 Å². The number of hydrogen-bond donors (Lipinski definition) is 1. The Morgan fingerprint density at radius 3 is 2.74 bits per heavy atom. The highest BCUT2D eigenvalue weighted by atomic mass is 32.2. The van der Waals surface area contributed by atoms with Crippen LogP contribution in [0.4, 0.5) is 0 Å². The highest BCUT2D eigenvalue weighted by molar-refractivity contribution is 7.99. The van der Waals surface area contributed by atoms with E-state index in [-0.39, 0.29) is 0 Å². The SMILES string of the molecule is CCSc1ccc(-c2csc3nnc(CN)n23)cc1. The summed E-state index contributed by atoms with van der Waals surface area (Å²) < 4.78 is 2.03. The lowest BCUT2D eigenvalue weighted by atomic mass is 10.2. The van der Waals surface area contributed by atoms with E-state index >= 15 is 0 Å². The molecule has 0 fully saturated rings. The molecule has 0 amide bonds. The minimum Gasteiger partial charge on any atom is -0.324 e. The Kier molecular flexibility index (Phi) is 3.54. The van der Waals surface area contributed by atoms with Crippen molar-refractivity contribution in [1.82, 2.24) is 14.6 Å². The zero-order valence-electron chi connectivity index (χ0n) is 10.5. The molecule has 3 rings (SSSR count). The molecule has 0 bridgehead atoms. The normalized spacial score (nSPS) is 11.3. The van der Waals surface area contributed by atoms with Gasteiger partial charge in [0, 0.05) is 10.3 Å². The van der Waals surface area contributed by atoms with Gasteiger partial charge in [0.25, 0.3) is 0 Å². The summed E-state index contributed by atoms with van der Waals surface area (Å²) in [6.45, 7) is 2.56. The molecule has 0 radical (unpaired) electrons. The van der Waals surface area contributed by atoms with Crippen molar-refractivity contribution in [3.8, 4) is 11.3 Å². The van der Waals surface area contributed by atoms with Crippen LogP contribution < -0.4 is 5.73 Å². The highest BCUT2D eigenvalue weighted by Crippen LogP contribution is 2.28. The van der Waals surface area contributed by atoms with Gasteiger partial charge in [-0.25, -0.2) is 0 Å². The lowest BCUT2D eigenvalue weighted by Gasteiger charge is -2.03. The van der Waals surface area contributed by atoms with Gasteiger partial charge in [-0.2, -0.15) is 0 Å². The molecule has 2 N–H and O–H groups in total. The standard InChI is InChI=1S/C13H14N4S2/c1-2-18-10-5-3-9(4-6-10)11-8-19-13-16-15-12(7-14)17(11)13/h3-6,8H,2,7,14H2,1H3. The van der Waals surface area contributed by atoms with Crippen LogP contribution in [-0.4, -0.2) is 20.4 Å². The maximum atomic E-state index is 5.71. The van der Waals surface area contributed by atoms with Crippen LogP contribution in [0.3, 0.4) is 0 Å². The van der Waals surface area contributed by atoms with E-state index in [2.05, 4.69) is 46.8 Å². The van der Waals surface area contributed by atoms with Gasteiger partial charge >= 0.3 is 0 Å². The highest BCUT2D eigenvalue weighted by Gasteiger charge is 2.12. The number of fused-ring (bicyclic) bond motifs is 1. The van der Waals surface area contributed by atoms with E-state index in [0.717, 1.165) is 22.2 Å². The molecule has 1 aromatic carbocycles. The number of rotatable bonds is 4. The quantitative estimate of drug-likeness (QED) is 0.750. The first-order valence-corrected chi connectivity index (χ1v) is 7.94. The lowest BCUT2D eigenvalue weighted by Crippen LogP contribution is -2.02. The van der Waals surface area contributed by atoms with Gasteiger partial charge in [0.2, 0.25) is 4.96 Å². The van der Waals surface area contributed by atoms with E-state index in [1.165, 1.54) is 10.5 Å². The molecule has 0 saturated carbocycles. The second kappa shape index (κ2) is 5.32. The number of nitrogens with zero attached hydrogens (tertiary/aromatic N) is 3. The van der Waals surface area contributed by atoms with Gasteiger partial charge in [-0.1, -0.05) is 19.1 Å². The van der Waals surface area contributed by atoms with Gasteiger partial charge in [-0.05, 0) is 23.4 Å². The van der Waals surface area contributed by atoms with E-state index in [4.69, 9.17) is 5.73 Å². The first-order chi connectivity index (χ1) is 9.33. The average Bonchev–Trinajstić information content (AvgIpc) is 3.01. The van der Waals surface area contributed by atoms with Gasteiger partial charge < -0.3 is 5.73 Å². The molecule has 0 aliphatic heterocycles. The molecule has 2 aromatic heterocycles. The van der Waals surface area contributed by atoms with E-state index in [1.807, 2.05) is 16.2 Å². The smallest absolute Gasteiger partial charge is 0.216 e. The molecular formula is C13H14N4S2. The Balaban J connectivity index is 2.05. The van der Waals surface area contributed by atoms with E-state index in [9.17, 15) is 0 Å². The van der Waals surface area contributed by atoms with Crippen LogP contribution in [0.15, 0.2) is 34.5 Å². The topological polar surface area (TPSA) is 56.2 Å². The zero-order valence-corrected chi connectivity index (χ0v) is 12.2. The summed E-state index contributed by atoms with van der Waals surface area (Å²) >= 11 is 3.43. The average molecular weight is 290 g/mol. The van der Waals surface area contributed by atoms with Crippen molar-refractivity contribution in [2.75, 3.05) is 5.75 Å². The minimum absolute atomic E-state index is 0.397. The van der Waals surface area contributed by atoms with Gasteiger partial charge in [-0.3, -0.25) is 4.40 Å². The first-order valence-electron chi connectivity index (χ1n) is 6.08. The summed E-state index contributed by atoms with van der Waals surface area (Å²) in [6, 6.07) is 8.58. The van der Waals surface area contributed by atoms with Gasteiger partial charge in [-0.15, -0.1) is 33.3 Å². The fraction of sp³-hybridized carbons (Fsp3) is 0.231. The Bertz CT molecular complexity index is 684. The van der Waals surface area contributed by atoms with Crippen LogP contribution in [0.2, 0.25) is 0 Å². The Hall–Kier alpha value is -1.37. The molecule has 0 spiro atoms. The third-order valence-corrected chi connectivity index (χ3v) is 4.57. The number of thioether (sulfide) groups is 1. The Labute approximate surface area is 119 Å². The lowest BCUT2D eigenvalue weighted by molar-refractivity contribution is 0.887. The molecule has 0 atom stereocenters. The summed E-state index contributed by atoms with van der Waals surface area (Å²) in [5, 5.41) is 10.3. The summed E-state index contributed by atoms with van der Waals surface area (Å²) in [7, 11) is 0. The first kappa shape index (κ1) is 12.7. The predicted molar refractivity (Wildman–Crippen MR) is 80.6 cm³/mol. The molecule has 0 aliphatic carbocycles. The second-order valence-corrected chi connectivity index (χ2v) is 6.19. The molecule has 4 nitrogen and oxygen atoms in total. The molecule has 0 aliphatic rings. The molecule has 6 heteroatoms. The summed E-state index contributed by atoms with van der Waals surface area (Å²) in [6.07, 6.45) is 0. The van der Waals surface area contributed by atoms with E-state index in [0.29, 0.717) is 6.54 Å². The molecule has 19 heavy (non-hydrogen) atoms. The van der Waals surface area contributed by atoms with Crippen molar-refractivity contribution in [1.29, 1.82) is 0 Å². The number of nitrogens with two attached hydrogens (primary N) is 1. The predicted octanol–water partition coefficient (Wildman–Crippen LogP) is 3.03. The van der Waals surface area contributed by atoms with Crippen molar-refractivity contribution >= 4 is 28.1 Å². The maximum absolute atomic E-state index is 5.71. The molecule has 2 heterocycles. The van der Waals surface area contributed by atoms with Crippen LogP contribution in [-0.2, 0) is 6.54 Å². The largest absolute Gasteiger partial charge is 0.324 e. The zero-order chi connectivity index (χ0) is 13.2. The second-order valence-electron chi connectivity index (χ2n) is 4.02. The molecule has 3 aromatic rings. The van der Waals surface area contributed by atoms with Gasteiger partial charge in [0.1, 0.15) is 0 Å². The monoisotopic (exact) mass is 290 g/mol. The Morgan fingerprint density at radius 1 is 1.26 bits per heavy atom. The molecule has 98 valence electrons. The van der Waals surface area contributed by atoms with Crippen LogP contribution in [0.5, 0.6) is 0 Å². The Morgan fingerprint density at radius 2 is 2.05 bits per heavy atom. The molecular weight excluding hydrogens is 276 g/mol. The number of hydrogen-bond acceptors (Lipinski definition) is 5. The maximum Gasteiger partial charge on any atom is 0.216 e. The van der Waals surface area contributed by atoms with Gasteiger partial charge in [0.05, 0.1) is 12.2 Å². The molecule has 0 unspecified atom stereocenters. The number of benzene rings is 1. The summed E-state index contributed by atoms with van der Waals surface area (Å²) in [4.78, 5) is 2.18. The van der Waals surface area contributed by atoms with Crippen molar-refractivity contribution < 1.29 is 0 Å². The summed E-state index contributed by atoms with van der Waals surface area (Å²) in [5.41, 5.74) is 7.99. The fourth-order valence-electron chi connectivity index (χ4n) is 2.00. The minimum atomic E-state index is 0.397. The van der Waals surface area contributed by atoms with Crippen LogP contribution in [0.25, 0.3) is 16.2 Å². The van der Waals surface area contributed by atoms with Crippen LogP contribution in [0, 0.1) is 0 Å². The van der Waals surface area contributed by atoms with Crippen molar-refractivity contribution in [2.24, 2.45) is 5.73 Å². The van der Waals surface area contributed by atoms with Crippen LogP contribution >= 0.6 is 23.1 Å². The van der Waals surface area contributed by atoms with Crippen molar-refractivity contribution in [3.63, 3.8) is 0 Å². The third kappa shape index (κ3) is 2.27. The summed E-state index contributed by atoms with van der Waals surface area (Å²) in [5.74, 6) is 1.89. The number of thiazole rings is 1. The van der Waals surface area contributed by atoms with Crippen LogP contribution in [0.1, 0.15) is 12.7 Å². The third-order valence-electron chi connectivity index (χ3n) is 2.86. The van der Waals surface area contributed by atoms with Crippen molar-refractivity contribution in [2.45, 2.75) is 18.4 Å². The van der Waals surface area contributed by atoms with E-state index < -0.39 is 0 Å². The number of aromatic nitrogens is 3. The van der Waals surface area contributed by atoms with E-state index in [1.54, 1.807) is 11.3 Å². The van der Waals surface area contributed by atoms with Gasteiger partial charge in [0.15, 0.2) is 5.82 Å². The molecule has 0 saturated heterocycles.